The fourth-order valence-electron chi connectivity index (χ4n) is 6.12. The smallest absolute Gasteiger partial charge is 0.316 e. The highest BCUT2D eigenvalue weighted by Crippen LogP contribution is 2.45. The normalized spacial score (nSPS) is 26.8. The van der Waals surface area contributed by atoms with Crippen molar-refractivity contribution < 1.29 is 23.9 Å². The molecule has 3 amide bonds. The number of alkyl halides is 2. The van der Waals surface area contributed by atoms with Crippen LogP contribution in [0.3, 0.4) is 0 Å². The third-order valence-corrected chi connectivity index (χ3v) is 11.0. The first kappa shape index (κ1) is 28.0. The zero-order chi connectivity index (χ0) is 28.0. The number of para-hydroxylation sites is 1. The molecule has 0 bridgehead atoms. The lowest BCUT2D eigenvalue weighted by Crippen LogP contribution is -2.34. The number of anilines is 2. The topological polar surface area (TPSA) is 84.0 Å². The number of ether oxygens (including phenoxy) is 1. The van der Waals surface area contributed by atoms with Gasteiger partial charge in [-0.05, 0) is 67.5 Å². The number of carbonyl (C=O) groups is 4. The molecule has 2 heterocycles. The number of imide groups is 1. The van der Waals surface area contributed by atoms with E-state index in [0.29, 0.717) is 29.8 Å². The summed E-state index contributed by atoms with van der Waals surface area (Å²) in [6.45, 7) is 6.20. The van der Waals surface area contributed by atoms with E-state index in [4.69, 9.17) is 4.74 Å². The summed E-state index contributed by atoms with van der Waals surface area (Å²) in [5.41, 5.74) is 4.28. The Morgan fingerprint density at radius 1 is 0.949 bits per heavy atom. The Hall–Kier alpha value is -2.52. The monoisotopic (exact) mass is 658 g/mol. The van der Waals surface area contributed by atoms with Crippen LogP contribution in [0.25, 0.3) is 0 Å². The Morgan fingerprint density at radius 3 is 2.08 bits per heavy atom. The van der Waals surface area contributed by atoms with Crippen LogP contribution in [0.5, 0.6) is 5.75 Å². The molecule has 0 unspecified atom stereocenters. The van der Waals surface area contributed by atoms with Crippen LogP contribution in [0.15, 0.2) is 36.4 Å². The van der Waals surface area contributed by atoms with Crippen molar-refractivity contribution in [1.29, 1.82) is 0 Å². The molecule has 3 aliphatic rings. The molecular weight excluding hydrogens is 628 g/mol. The van der Waals surface area contributed by atoms with E-state index in [0.717, 1.165) is 29.7 Å². The average Bonchev–Trinajstić information content (AvgIpc) is 3.41. The fourth-order valence-corrected chi connectivity index (χ4v) is 7.35. The lowest BCUT2D eigenvalue weighted by Gasteiger charge is -2.29. The molecule has 1 aliphatic carbocycles. The van der Waals surface area contributed by atoms with Gasteiger partial charge in [-0.25, -0.2) is 4.90 Å². The van der Waals surface area contributed by atoms with Crippen molar-refractivity contribution in [2.45, 2.75) is 62.5 Å². The van der Waals surface area contributed by atoms with Gasteiger partial charge in [0.1, 0.15) is 5.75 Å². The van der Waals surface area contributed by atoms with E-state index in [2.05, 4.69) is 45.7 Å². The molecule has 206 valence electrons. The van der Waals surface area contributed by atoms with E-state index >= 15 is 0 Å². The molecule has 1 saturated carbocycles. The van der Waals surface area contributed by atoms with Gasteiger partial charge in [-0.2, -0.15) is 0 Å². The molecule has 2 aromatic carbocycles. The summed E-state index contributed by atoms with van der Waals surface area (Å²) in [4.78, 5) is 55.8. The maximum absolute atomic E-state index is 13.2. The van der Waals surface area contributed by atoms with Gasteiger partial charge in [0.25, 0.3) is 0 Å². The van der Waals surface area contributed by atoms with Crippen LogP contribution in [0.4, 0.5) is 11.4 Å². The second-order valence-electron chi connectivity index (χ2n) is 10.6. The predicted octanol–water partition coefficient (Wildman–Crippen LogP) is 5.50. The molecule has 5 rings (SSSR count). The van der Waals surface area contributed by atoms with Crippen molar-refractivity contribution in [2.24, 2.45) is 17.8 Å². The van der Waals surface area contributed by atoms with Crippen LogP contribution < -0.4 is 14.5 Å². The van der Waals surface area contributed by atoms with Gasteiger partial charge >= 0.3 is 5.97 Å². The lowest BCUT2D eigenvalue weighted by molar-refractivity contribution is -0.139. The number of carbonyl (C=O) groups excluding carboxylic acids is 4. The van der Waals surface area contributed by atoms with Gasteiger partial charge in [0, 0.05) is 28.3 Å². The van der Waals surface area contributed by atoms with Crippen molar-refractivity contribution in [3.8, 4) is 5.75 Å². The fraction of sp³-hybridized carbons (Fsp3) is 0.467. The number of benzene rings is 2. The van der Waals surface area contributed by atoms with Crippen molar-refractivity contribution >= 4 is 66.9 Å². The van der Waals surface area contributed by atoms with Crippen molar-refractivity contribution in [1.82, 2.24) is 0 Å². The summed E-state index contributed by atoms with van der Waals surface area (Å²) in [7, 11) is 0. The molecule has 2 aliphatic heterocycles. The minimum absolute atomic E-state index is 0.0805. The zero-order valence-corrected chi connectivity index (χ0v) is 25.5. The molecule has 5 atom stereocenters. The number of fused-ring (bicyclic) bond motifs is 1. The molecule has 9 heteroatoms. The molecule has 3 fully saturated rings. The Morgan fingerprint density at radius 2 is 1.54 bits per heavy atom. The molecule has 7 nitrogen and oxygen atoms in total. The number of hydrogen-bond acceptors (Lipinski definition) is 5. The SMILES string of the molecule is CCc1cccc(CC)c1N1C[C@H](C(=O)Oc2ccc(N3C(=O)[C@@H]4C[C@@H](Br)[C@@H](Br)C[C@H]4C3=O)c(C)c2)CC1=O. The Balaban J connectivity index is 1.30. The number of hydrogen-bond donors (Lipinski definition) is 0. The minimum atomic E-state index is -0.577. The maximum atomic E-state index is 13.2. The molecule has 0 aromatic heterocycles. The summed E-state index contributed by atoms with van der Waals surface area (Å²) >= 11 is 7.24. The number of nitrogens with zero attached hydrogens (tertiary/aromatic N) is 2. The summed E-state index contributed by atoms with van der Waals surface area (Å²) in [6, 6.07) is 11.0. The predicted molar refractivity (Wildman–Crippen MR) is 157 cm³/mol. The minimum Gasteiger partial charge on any atom is -0.426 e. The van der Waals surface area contributed by atoms with Crippen LogP contribution in [-0.2, 0) is 32.0 Å². The van der Waals surface area contributed by atoms with E-state index in [1.807, 2.05) is 18.2 Å². The van der Waals surface area contributed by atoms with Crippen LogP contribution in [0.2, 0.25) is 0 Å². The number of rotatable bonds is 6. The molecule has 0 radical (unpaired) electrons. The standard InChI is InChI=1S/C30H32Br2N2O5/c1-4-17-7-6-8-18(5-2)27(17)33-15-19(12-26(33)35)30(38)39-20-9-10-25(16(3)11-20)34-28(36)21-13-23(31)24(32)14-22(21)29(34)37/h6-11,19,21-24H,4-5,12-15H2,1-3H3/t19-,21-,22-,23-,24+/m1/s1. The maximum Gasteiger partial charge on any atom is 0.316 e. The van der Waals surface area contributed by atoms with Crippen molar-refractivity contribution in [3.63, 3.8) is 0 Å². The van der Waals surface area contributed by atoms with Crippen LogP contribution in [-0.4, -0.2) is 39.9 Å². The highest BCUT2D eigenvalue weighted by molar-refractivity contribution is 9.12. The van der Waals surface area contributed by atoms with Crippen LogP contribution in [0, 0.1) is 24.7 Å². The summed E-state index contributed by atoms with van der Waals surface area (Å²) < 4.78 is 5.70. The summed E-state index contributed by atoms with van der Waals surface area (Å²) in [5, 5.41) is 0. The summed E-state index contributed by atoms with van der Waals surface area (Å²) in [6.07, 6.45) is 2.90. The molecule has 0 spiro atoms. The van der Waals surface area contributed by atoms with E-state index in [1.165, 1.54) is 4.90 Å². The molecule has 39 heavy (non-hydrogen) atoms. The number of halogens is 2. The number of amides is 3. The first-order valence-electron chi connectivity index (χ1n) is 13.5. The van der Waals surface area contributed by atoms with E-state index in [9.17, 15) is 19.2 Å². The largest absolute Gasteiger partial charge is 0.426 e. The van der Waals surface area contributed by atoms with Gasteiger partial charge < -0.3 is 9.64 Å². The van der Waals surface area contributed by atoms with Gasteiger partial charge in [-0.15, -0.1) is 0 Å². The average molecular weight is 660 g/mol. The third kappa shape index (κ3) is 5.08. The van der Waals surface area contributed by atoms with Crippen molar-refractivity contribution in [3.05, 3.63) is 53.1 Å². The van der Waals surface area contributed by atoms with Gasteiger partial charge in [-0.3, -0.25) is 19.2 Å². The van der Waals surface area contributed by atoms with Crippen LogP contribution >= 0.6 is 31.9 Å². The second-order valence-corrected chi connectivity index (χ2v) is 13.0. The van der Waals surface area contributed by atoms with E-state index in [1.54, 1.807) is 30.0 Å². The first-order chi connectivity index (χ1) is 18.6. The molecular formula is C30H32Br2N2O5. The van der Waals surface area contributed by atoms with Gasteiger partial charge in [0.2, 0.25) is 17.7 Å². The first-order valence-corrected chi connectivity index (χ1v) is 15.4. The quantitative estimate of drug-likeness (QED) is 0.177. The van der Waals surface area contributed by atoms with Crippen molar-refractivity contribution in [2.75, 3.05) is 16.3 Å². The van der Waals surface area contributed by atoms with Crippen LogP contribution in [0.1, 0.15) is 49.8 Å². The molecule has 2 saturated heterocycles. The third-order valence-electron chi connectivity index (χ3n) is 8.23. The Labute approximate surface area is 245 Å². The number of esters is 1. The van der Waals surface area contributed by atoms with Gasteiger partial charge in [0.15, 0.2) is 0 Å². The second kappa shape index (κ2) is 11.2. The summed E-state index contributed by atoms with van der Waals surface area (Å²) in [5.74, 6) is -1.81. The van der Waals surface area contributed by atoms with E-state index in [-0.39, 0.29) is 52.2 Å². The molecule has 2 aromatic rings. The highest BCUT2D eigenvalue weighted by Gasteiger charge is 2.52. The number of aryl methyl sites for hydroxylation is 3. The van der Waals surface area contributed by atoms with E-state index < -0.39 is 11.9 Å². The Kier molecular flexibility index (Phi) is 8.02. The molecule has 0 N–H and O–H groups in total. The highest BCUT2D eigenvalue weighted by atomic mass is 79.9. The van der Waals surface area contributed by atoms with Gasteiger partial charge in [0.05, 0.1) is 23.4 Å². The zero-order valence-electron chi connectivity index (χ0n) is 22.3. The Bertz CT molecular complexity index is 1290. The van der Waals surface area contributed by atoms with Gasteiger partial charge in [-0.1, -0.05) is 63.9 Å². The lowest BCUT2D eigenvalue weighted by atomic mass is 9.81.